The van der Waals surface area contributed by atoms with Gasteiger partial charge in [0, 0.05) is 0 Å². The summed E-state index contributed by atoms with van der Waals surface area (Å²) < 4.78 is 2.04. The van der Waals surface area contributed by atoms with Crippen LogP contribution in [0.1, 0.15) is 17.2 Å². The number of aromatic nitrogens is 2. The zero-order valence-electron chi connectivity index (χ0n) is 14.0. The highest BCUT2D eigenvalue weighted by Gasteiger charge is 2.35. The van der Waals surface area contributed by atoms with Crippen molar-refractivity contribution in [1.29, 1.82) is 0 Å². The van der Waals surface area contributed by atoms with E-state index in [1.54, 1.807) is 0 Å². The number of benzene rings is 3. The molecular weight excluding hydrogens is 322 g/mol. The molecule has 1 aliphatic heterocycles. The second kappa shape index (κ2) is 5.93. The Hall–Kier alpha value is -3.24. The molecule has 26 heavy (non-hydrogen) atoms. The van der Waals surface area contributed by atoms with E-state index in [1.165, 1.54) is 0 Å². The van der Waals surface area contributed by atoms with Crippen LogP contribution in [0.3, 0.4) is 0 Å². The van der Waals surface area contributed by atoms with Gasteiger partial charge in [0.15, 0.2) is 0 Å². The molecule has 1 aromatic heterocycles. The zero-order valence-corrected chi connectivity index (χ0v) is 14.0. The van der Waals surface area contributed by atoms with E-state index >= 15 is 0 Å². The maximum atomic E-state index is 11.3. The molecule has 1 N–H and O–H groups in total. The van der Waals surface area contributed by atoms with Gasteiger partial charge in [-0.2, -0.15) is 0 Å². The summed E-state index contributed by atoms with van der Waals surface area (Å²) in [5, 5.41) is 11.3. The Morgan fingerprint density at radius 3 is 2.19 bits per heavy atom. The Morgan fingerprint density at radius 1 is 0.769 bits per heavy atom. The van der Waals surface area contributed by atoms with Crippen LogP contribution in [0.5, 0.6) is 0 Å². The lowest BCUT2D eigenvalue weighted by Crippen LogP contribution is -2.36. The standard InChI is InChI=1S/C22H17N3O/c26-21-19(15-9-3-1-4-10-15)24-22-23-17-13-7-8-14-18(17)25(22)20(21)16-11-5-2-6-12-16/h1-14,20-21,26H. The number of rotatable bonds is 2. The normalized spacial score (nSPS) is 19.2. The van der Waals surface area contributed by atoms with Gasteiger partial charge in [0.1, 0.15) is 6.10 Å². The van der Waals surface area contributed by atoms with Gasteiger partial charge in [-0.3, -0.25) is 4.57 Å². The number of hydrogen-bond acceptors (Lipinski definition) is 3. The Balaban J connectivity index is 1.79. The fourth-order valence-corrected chi connectivity index (χ4v) is 3.68. The Labute approximate surface area is 151 Å². The first kappa shape index (κ1) is 15.0. The van der Waals surface area contributed by atoms with Crippen LogP contribution in [-0.4, -0.2) is 26.5 Å². The van der Waals surface area contributed by atoms with E-state index < -0.39 is 6.10 Å². The van der Waals surface area contributed by atoms with Crippen LogP contribution < -0.4 is 0 Å². The van der Waals surface area contributed by atoms with E-state index in [-0.39, 0.29) is 6.04 Å². The van der Waals surface area contributed by atoms with E-state index in [0.717, 1.165) is 22.2 Å². The minimum atomic E-state index is -0.759. The van der Waals surface area contributed by atoms with Crippen molar-refractivity contribution in [3.8, 4) is 0 Å². The molecule has 0 fully saturated rings. The van der Waals surface area contributed by atoms with Gasteiger partial charge in [-0.25, -0.2) is 9.98 Å². The van der Waals surface area contributed by atoms with Crippen LogP contribution in [0.25, 0.3) is 11.0 Å². The van der Waals surface area contributed by atoms with E-state index in [0.29, 0.717) is 11.7 Å². The molecule has 2 unspecified atom stereocenters. The summed E-state index contributed by atoms with van der Waals surface area (Å²) >= 11 is 0. The zero-order chi connectivity index (χ0) is 17.5. The molecule has 2 atom stereocenters. The highest BCUT2D eigenvalue weighted by molar-refractivity contribution is 6.06. The lowest BCUT2D eigenvalue weighted by atomic mass is 9.92. The van der Waals surface area contributed by atoms with Crippen LogP contribution in [-0.2, 0) is 0 Å². The van der Waals surface area contributed by atoms with Gasteiger partial charge in [-0.1, -0.05) is 72.8 Å². The van der Waals surface area contributed by atoms with Gasteiger partial charge in [-0.15, -0.1) is 0 Å². The van der Waals surface area contributed by atoms with Gasteiger partial charge in [0.25, 0.3) is 0 Å². The predicted molar refractivity (Wildman–Crippen MR) is 103 cm³/mol. The van der Waals surface area contributed by atoms with Crippen molar-refractivity contribution in [2.75, 3.05) is 0 Å². The molecule has 0 bridgehead atoms. The first-order chi connectivity index (χ1) is 12.8. The van der Waals surface area contributed by atoms with Crippen molar-refractivity contribution in [3.05, 3.63) is 96.1 Å². The largest absolute Gasteiger partial charge is 0.384 e. The molecule has 3 aromatic carbocycles. The summed E-state index contributed by atoms with van der Waals surface area (Å²) in [5.41, 5.74) is 4.47. The monoisotopic (exact) mass is 339 g/mol. The first-order valence-corrected chi connectivity index (χ1v) is 8.67. The number of fused-ring (bicyclic) bond motifs is 3. The van der Waals surface area contributed by atoms with E-state index in [1.807, 2.05) is 89.5 Å². The second-order valence-corrected chi connectivity index (χ2v) is 6.43. The second-order valence-electron chi connectivity index (χ2n) is 6.43. The van der Waals surface area contributed by atoms with E-state index in [2.05, 4.69) is 0 Å². The fourth-order valence-electron chi connectivity index (χ4n) is 3.68. The summed E-state index contributed by atoms with van der Waals surface area (Å²) in [6.07, 6.45) is -0.759. The summed E-state index contributed by atoms with van der Waals surface area (Å²) in [5.74, 6) is 0.629. The number of aliphatic imine (C=N–C) groups is 1. The molecule has 0 radical (unpaired) electrons. The third-order valence-corrected chi connectivity index (χ3v) is 4.87. The molecule has 4 aromatic rings. The van der Waals surface area contributed by atoms with Gasteiger partial charge in [0.2, 0.25) is 5.95 Å². The molecule has 126 valence electrons. The average Bonchev–Trinajstić information content (AvgIpc) is 3.07. The highest BCUT2D eigenvalue weighted by Crippen LogP contribution is 2.37. The number of imidazole rings is 1. The Bertz CT molecular complexity index is 1100. The van der Waals surface area contributed by atoms with Crippen LogP contribution in [0.2, 0.25) is 0 Å². The Kier molecular flexibility index (Phi) is 3.43. The lowest BCUT2D eigenvalue weighted by molar-refractivity contribution is 0.192. The number of hydrogen-bond donors (Lipinski definition) is 1. The average molecular weight is 339 g/mol. The summed E-state index contributed by atoms with van der Waals surface area (Å²) in [6, 6.07) is 27.6. The third kappa shape index (κ3) is 2.27. The SMILES string of the molecule is OC1C(c2ccccc2)=Nc2nc3ccccc3n2C1c1ccccc1. The fraction of sp³-hybridized carbons (Fsp3) is 0.0909. The molecule has 4 nitrogen and oxygen atoms in total. The minimum absolute atomic E-state index is 0.272. The van der Waals surface area contributed by atoms with Gasteiger partial charge in [-0.05, 0) is 23.3 Å². The van der Waals surface area contributed by atoms with Crippen LogP contribution in [0.4, 0.5) is 5.95 Å². The molecule has 5 rings (SSSR count). The van der Waals surface area contributed by atoms with Crippen LogP contribution >= 0.6 is 0 Å². The highest BCUT2D eigenvalue weighted by atomic mass is 16.3. The molecule has 0 aliphatic carbocycles. The van der Waals surface area contributed by atoms with Crippen LogP contribution in [0.15, 0.2) is 89.9 Å². The summed E-state index contributed by atoms with van der Waals surface area (Å²) in [7, 11) is 0. The van der Waals surface area contributed by atoms with Crippen molar-refractivity contribution in [1.82, 2.24) is 9.55 Å². The maximum Gasteiger partial charge on any atom is 0.231 e. The number of nitrogens with zero attached hydrogens (tertiary/aromatic N) is 3. The molecular formula is C22H17N3O. The smallest absolute Gasteiger partial charge is 0.231 e. The quantitative estimate of drug-likeness (QED) is 0.597. The number of aliphatic hydroxyl groups is 1. The van der Waals surface area contributed by atoms with Crippen molar-refractivity contribution < 1.29 is 5.11 Å². The molecule has 0 saturated heterocycles. The van der Waals surface area contributed by atoms with Gasteiger partial charge >= 0.3 is 0 Å². The van der Waals surface area contributed by atoms with Crippen molar-refractivity contribution in [3.63, 3.8) is 0 Å². The first-order valence-electron chi connectivity index (χ1n) is 8.67. The third-order valence-electron chi connectivity index (χ3n) is 4.87. The van der Waals surface area contributed by atoms with Crippen LogP contribution in [0, 0.1) is 0 Å². The summed E-state index contributed by atoms with van der Waals surface area (Å²) in [6.45, 7) is 0. The van der Waals surface area contributed by atoms with Gasteiger partial charge in [0.05, 0.1) is 22.8 Å². The molecule has 1 aliphatic rings. The lowest BCUT2D eigenvalue weighted by Gasteiger charge is -2.31. The van der Waals surface area contributed by atoms with E-state index in [9.17, 15) is 5.11 Å². The molecule has 2 heterocycles. The topological polar surface area (TPSA) is 50.4 Å². The molecule has 0 saturated carbocycles. The molecule has 0 spiro atoms. The molecule has 4 heteroatoms. The Morgan fingerprint density at radius 2 is 1.42 bits per heavy atom. The number of para-hydroxylation sites is 2. The predicted octanol–water partition coefficient (Wildman–Crippen LogP) is 4.12. The number of aliphatic hydroxyl groups excluding tert-OH is 1. The van der Waals surface area contributed by atoms with Crippen molar-refractivity contribution in [2.24, 2.45) is 4.99 Å². The summed E-state index contributed by atoms with van der Waals surface area (Å²) in [4.78, 5) is 9.43. The van der Waals surface area contributed by atoms with Crippen molar-refractivity contribution in [2.45, 2.75) is 12.1 Å². The molecule has 0 amide bonds. The maximum absolute atomic E-state index is 11.3. The van der Waals surface area contributed by atoms with Crippen molar-refractivity contribution >= 4 is 22.7 Å². The van der Waals surface area contributed by atoms with E-state index in [4.69, 9.17) is 9.98 Å². The van der Waals surface area contributed by atoms with Gasteiger partial charge < -0.3 is 5.11 Å². The minimum Gasteiger partial charge on any atom is -0.384 e.